The molecule has 0 aliphatic carbocycles. The van der Waals surface area contributed by atoms with Gasteiger partial charge in [-0.3, -0.25) is 28.8 Å². The van der Waals surface area contributed by atoms with Gasteiger partial charge in [-0.2, -0.15) is 0 Å². The Kier molecular flexibility index (Phi) is 27.3. The number of carbonyl (C=O) groups is 8. The lowest BCUT2D eigenvalue weighted by Crippen LogP contribution is -2.57. The topological polar surface area (TPSA) is 267 Å². The Hall–Kier alpha value is -6.62. The van der Waals surface area contributed by atoms with E-state index in [1.807, 2.05) is 0 Å². The molecule has 0 spiro atoms. The van der Waals surface area contributed by atoms with Crippen molar-refractivity contribution in [3.05, 3.63) is 102 Å². The average molecular weight is 986 g/mol. The second-order valence-corrected chi connectivity index (χ2v) is 18.3. The predicted molar refractivity (Wildman–Crippen MR) is 268 cm³/mol. The predicted octanol–water partition coefficient (Wildman–Crippen LogP) is 6.71. The van der Waals surface area contributed by atoms with Gasteiger partial charge in [0.1, 0.15) is 36.0 Å². The second-order valence-electron chi connectivity index (χ2n) is 18.3. The van der Waals surface area contributed by atoms with Gasteiger partial charge in [0.15, 0.2) is 0 Å². The summed E-state index contributed by atoms with van der Waals surface area (Å²) < 4.78 is 5.47. The summed E-state index contributed by atoms with van der Waals surface area (Å²) in [6.45, 7) is 4.77. The molecule has 0 bridgehead atoms. The Balaban J connectivity index is 1.78. The number of carbonyl (C=O) groups excluding carboxylic acids is 6. The Morgan fingerprint density at radius 2 is 1.04 bits per heavy atom. The number of carboxylic acids is 2. The van der Waals surface area contributed by atoms with Crippen molar-refractivity contribution in [3.8, 4) is 5.75 Å². The van der Waals surface area contributed by atoms with Crippen molar-refractivity contribution in [1.82, 2.24) is 26.6 Å². The van der Waals surface area contributed by atoms with Crippen molar-refractivity contribution in [2.24, 2.45) is 5.92 Å². The minimum atomic E-state index is -1.68. The van der Waals surface area contributed by atoms with Gasteiger partial charge in [0, 0.05) is 19.3 Å². The van der Waals surface area contributed by atoms with Gasteiger partial charge >= 0.3 is 17.9 Å². The third-order valence-electron chi connectivity index (χ3n) is 11.8. The van der Waals surface area contributed by atoms with Crippen molar-refractivity contribution in [2.75, 3.05) is 6.61 Å². The van der Waals surface area contributed by atoms with E-state index >= 15 is 0 Å². The van der Waals surface area contributed by atoms with Gasteiger partial charge in [0.2, 0.25) is 29.5 Å². The van der Waals surface area contributed by atoms with Crippen LogP contribution in [0.3, 0.4) is 0 Å². The van der Waals surface area contributed by atoms with Crippen LogP contribution in [0.15, 0.2) is 84.9 Å². The number of hydrogen-bond donors (Lipinski definition) is 8. The Morgan fingerprint density at radius 1 is 0.535 bits per heavy atom. The van der Waals surface area contributed by atoms with Crippen LogP contribution in [0, 0.1) is 5.92 Å². The summed E-state index contributed by atoms with van der Waals surface area (Å²) >= 11 is 0. The summed E-state index contributed by atoms with van der Waals surface area (Å²) in [4.78, 5) is 105. The van der Waals surface area contributed by atoms with Gasteiger partial charge in [-0.15, -0.1) is 0 Å². The van der Waals surface area contributed by atoms with Gasteiger partial charge in [-0.05, 0) is 60.6 Å². The lowest BCUT2D eigenvalue weighted by atomic mass is 10.0. The Bertz CT molecular complexity index is 2120. The first-order chi connectivity index (χ1) is 34.1. The van der Waals surface area contributed by atoms with E-state index in [1.54, 1.807) is 74.5 Å². The number of carboxylic acid groups (broad SMARTS) is 2. The fourth-order valence-electron chi connectivity index (χ4n) is 7.86. The minimum absolute atomic E-state index is 0.0319. The van der Waals surface area contributed by atoms with Crippen molar-refractivity contribution in [3.63, 3.8) is 0 Å². The average Bonchev–Trinajstić information content (AvgIpc) is 3.35. The number of unbranched alkanes of at least 4 members (excludes halogenated alkanes) is 12. The molecule has 0 fully saturated rings. The zero-order valence-electron chi connectivity index (χ0n) is 41.5. The molecule has 17 nitrogen and oxygen atoms in total. The molecule has 0 unspecified atom stereocenters. The van der Waals surface area contributed by atoms with E-state index in [0.29, 0.717) is 12.0 Å². The highest BCUT2D eigenvalue weighted by atomic mass is 16.5. The summed E-state index contributed by atoms with van der Waals surface area (Å²) in [5.41, 5.74) is 1.05. The fraction of sp³-hybridized carbons (Fsp3) is 0.519. The highest BCUT2D eigenvalue weighted by Gasteiger charge is 2.34. The summed E-state index contributed by atoms with van der Waals surface area (Å²) in [7, 11) is 0. The third kappa shape index (κ3) is 23.2. The smallest absolute Gasteiger partial charge is 0.343 e. The number of aliphatic hydroxyl groups excluding tert-OH is 1. The van der Waals surface area contributed by atoms with Gasteiger partial charge < -0.3 is 46.6 Å². The Morgan fingerprint density at radius 3 is 1.58 bits per heavy atom. The molecule has 388 valence electrons. The molecule has 0 aromatic heterocycles. The lowest BCUT2D eigenvalue weighted by Gasteiger charge is -2.27. The molecule has 8 N–H and O–H groups in total. The summed E-state index contributed by atoms with van der Waals surface area (Å²) in [6.07, 6.45) is 14.1. The van der Waals surface area contributed by atoms with E-state index < -0.39 is 91.2 Å². The van der Waals surface area contributed by atoms with Crippen molar-refractivity contribution < 1.29 is 58.4 Å². The number of benzene rings is 3. The quantitative estimate of drug-likeness (QED) is 0.0174. The minimum Gasteiger partial charge on any atom is -0.481 e. The molecule has 0 aliphatic heterocycles. The van der Waals surface area contributed by atoms with Crippen LogP contribution >= 0.6 is 0 Å². The van der Waals surface area contributed by atoms with E-state index in [2.05, 4.69) is 33.5 Å². The summed E-state index contributed by atoms with van der Waals surface area (Å²) in [5.74, 6) is -7.62. The largest absolute Gasteiger partial charge is 0.481 e. The molecule has 0 saturated heterocycles. The highest BCUT2D eigenvalue weighted by Crippen LogP contribution is 2.21. The van der Waals surface area contributed by atoms with E-state index in [-0.39, 0.29) is 48.0 Å². The van der Waals surface area contributed by atoms with E-state index in [4.69, 9.17) is 4.74 Å². The standard InChI is InChI=1S/C54H75N5O12/c1-4-5-6-7-8-9-10-11-12-13-14-15-22-27-46(61)55-43(35-38-23-18-16-19-24-38)50(65)58-45(36-60)51(66)59-48(39-28-30-41(31-29-39)71-54(70)40-25-20-17-21-26-40)52(67)56-42(32-33-47(62)63)49(64)57-44(53(68)69)34-37(2)3/h16-21,23-26,28-31,37,42-45,48,60H,4-15,22,27,32-36H2,1-3H3,(H,55,61)(H,56,67)(H,57,64)(H,58,65)(H,59,66)(H,62,63)(H,68,69)/t42-,43-,44-,45-,48-/m0/s1. The molecular weight excluding hydrogens is 911 g/mol. The number of nitrogens with one attached hydrogen (secondary N) is 5. The highest BCUT2D eigenvalue weighted by molar-refractivity contribution is 5.97. The molecule has 5 amide bonds. The molecule has 71 heavy (non-hydrogen) atoms. The third-order valence-corrected chi connectivity index (χ3v) is 11.8. The molecule has 0 saturated carbocycles. The first-order valence-corrected chi connectivity index (χ1v) is 25.1. The molecular formula is C54H75N5O12. The lowest BCUT2D eigenvalue weighted by molar-refractivity contribution is -0.143. The van der Waals surface area contributed by atoms with Crippen LogP contribution in [-0.2, 0) is 40.0 Å². The van der Waals surface area contributed by atoms with Crippen molar-refractivity contribution in [2.45, 2.75) is 167 Å². The van der Waals surface area contributed by atoms with Gasteiger partial charge in [0.05, 0.1) is 12.2 Å². The van der Waals surface area contributed by atoms with Crippen LogP contribution in [0.4, 0.5) is 0 Å². The van der Waals surface area contributed by atoms with E-state index in [0.717, 1.165) is 25.7 Å². The van der Waals surface area contributed by atoms with Gasteiger partial charge in [-0.25, -0.2) is 9.59 Å². The van der Waals surface area contributed by atoms with E-state index in [1.165, 1.54) is 75.6 Å². The number of amides is 5. The van der Waals surface area contributed by atoms with Crippen LogP contribution in [-0.4, -0.2) is 93.5 Å². The van der Waals surface area contributed by atoms with Crippen LogP contribution in [0.25, 0.3) is 0 Å². The molecule has 5 atom stereocenters. The molecule has 17 heteroatoms. The van der Waals surface area contributed by atoms with Crippen LogP contribution in [0.5, 0.6) is 5.75 Å². The molecule has 3 rings (SSSR count). The van der Waals surface area contributed by atoms with Crippen LogP contribution < -0.4 is 31.3 Å². The number of rotatable bonds is 35. The van der Waals surface area contributed by atoms with Crippen molar-refractivity contribution >= 4 is 47.4 Å². The van der Waals surface area contributed by atoms with Crippen LogP contribution in [0.1, 0.15) is 157 Å². The Labute approximate surface area is 417 Å². The first kappa shape index (κ1) is 58.7. The molecule has 0 radical (unpaired) electrons. The maximum Gasteiger partial charge on any atom is 0.343 e. The molecule has 3 aromatic rings. The maximum absolute atomic E-state index is 14.2. The number of aliphatic hydroxyl groups is 1. The summed E-state index contributed by atoms with van der Waals surface area (Å²) in [5, 5.41) is 42.3. The zero-order chi connectivity index (χ0) is 52.0. The zero-order valence-corrected chi connectivity index (χ0v) is 41.5. The SMILES string of the molecule is CCCCCCCCCCCCCCCC(=O)N[C@@H](Cc1ccccc1)C(=O)N[C@@H](CO)C(=O)N[C@H](C(=O)N[C@@H](CCC(=O)O)C(=O)N[C@@H](CC(C)C)C(=O)O)c1ccc(OC(=O)c2ccccc2)cc1. The monoisotopic (exact) mass is 986 g/mol. The first-order valence-electron chi connectivity index (χ1n) is 25.1. The summed E-state index contributed by atoms with van der Waals surface area (Å²) in [6, 6.07) is 15.0. The maximum atomic E-state index is 14.2. The number of aliphatic carboxylic acids is 2. The number of ether oxygens (including phenoxy) is 1. The second kappa shape index (κ2) is 33.1. The molecule has 3 aromatic carbocycles. The number of hydrogen-bond acceptors (Lipinski definition) is 10. The molecule has 0 heterocycles. The fourth-order valence-corrected chi connectivity index (χ4v) is 7.86. The number of esters is 1. The van der Waals surface area contributed by atoms with Crippen molar-refractivity contribution in [1.29, 1.82) is 0 Å². The van der Waals surface area contributed by atoms with Gasteiger partial charge in [0.25, 0.3) is 0 Å². The molecule has 0 aliphatic rings. The van der Waals surface area contributed by atoms with E-state index in [9.17, 15) is 53.7 Å². The normalized spacial score (nSPS) is 13.1. The van der Waals surface area contributed by atoms with Gasteiger partial charge in [-0.1, -0.05) is 158 Å². The van der Waals surface area contributed by atoms with Crippen LogP contribution in [0.2, 0.25) is 0 Å².